The van der Waals surface area contributed by atoms with E-state index in [9.17, 15) is 22.4 Å². The molecule has 7 nitrogen and oxygen atoms in total. The molecule has 4 aromatic carbocycles. The highest BCUT2D eigenvalue weighted by atomic mass is 32.2. The highest BCUT2D eigenvalue weighted by molar-refractivity contribution is 7.92. The first kappa shape index (κ1) is 25.1. The van der Waals surface area contributed by atoms with Crippen molar-refractivity contribution in [3.05, 3.63) is 113 Å². The minimum Gasteiger partial charge on any atom is -0.478 e. The van der Waals surface area contributed by atoms with Crippen molar-refractivity contribution < 1.29 is 31.9 Å². The summed E-state index contributed by atoms with van der Waals surface area (Å²) < 4.78 is 58.4. The van der Waals surface area contributed by atoms with E-state index in [0.29, 0.717) is 11.1 Å². The molecule has 0 aromatic heterocycles. The van der Waals surface area contributed by atoms with Gasteiger partial charge in [-0.25, -0.2) is 22.0 Å². The molecule has 1 amide bonds. The van der Waals surface area contributed by atoms with E-state index >= 15 is 4.39 Å². The molecule has 5 rings (SSSR count). The topological polar surface area (TPSA) is 104 Å². The number of sulfonamides is 1. The molecule has 0 spiro atoms. The SMILES string of the molecule is Cc1ccc(S(=O)(=O)Nc2ccc3c(c2)C(=O)N(c2c(F)ccc(-c4ccc(C(=O)O)cc4)c2F)C3)cc1. The molecule has 2 N–H and O–H groups in total. The van der Waals surface area contributed by atoms with Crippen LogP contribution in [0.1, 0.15) is 31.8 Å². The minimum absolute atomic E-state index is 0.00589. The Morgan fingerprint density at radius 3 is 2.26 bits per heavy atom. The maximum absolute atomic E-state index is 15.6. The molecule has 0 atom stereocenters. The lowest BCUT2D eigenvalue weighted by molar-refractivity contribution is 0.0696. The van der Waals surface area contributed by atoms with Crippen LogP contribution in [-0.2, 0) is 16.6 Å². The number of halogens is 2. The summed E-state index contributed by atoms with van der Waals surface area (Å²) in [5.41, 5.74) is 1.38. The van der Waals surface area contributed by atoms with Crippen LogP contribution in [0.3, 0.4) is 0 Å². The molecular formula is C28H20F2N2O5S. The van der Waals surface area contributed by atoms with Gasteiger partial charge >= 0.3 is 5.97 Å². The Labute approximate surface area is 217 Å². The molecule has 0 bridgehead atoms. The Balaban J connectivity index is 1.45. The summed E-state index contributed by atoms with van der Waals surface area (Å²) in [6, 6.07) is 18.3. The van der Waals surface area contributed by atoms with Gasteiger partial charge in [0, 0.05) is 16.8 Å². The van der Waals surface area contributed by atoms with E-state index in [0.717, 1.165) is 16.5 Å². The number of rotatable bonds is 6. The van der Waals surface area contributed by atoms with Crippen LogP contribution in [0.2, 0.25) is 0 Å². The highest BCUT2D eigenvalue weighted by Crippen LogP contribution is 2.37. The molecule has 0 fully saturated rings. The standard InChI is InChI=1S/C28H20F2N2O5S/c1-16-2-10-21(11-3-16)38(36,37)31-20-9-8-19-15-32(27(33)23(19)14-20)26-24(29)13-12-22(25(26)30)17-4-6-18(7-5-17)28(34)35/h2-14,31H,15H2,1H3,(H,34,35). The number of aryl methyl sites for hydroxylation is 1. The Hall–Kier alpha value is -4.57. The maximum atomic E-state index is 15.6. The normalized spacial score (nSPS) is 12.9. The van der Waals surface area contributed by atoms with Gasteiger partial charge in [-0.3, -0.25) is 14.4 Å². The van der Waals surface area contributed by atoms with Gasteiger partial charge in [0.25, 0.3) is 15.9 Å². The fourth-order valence-electron chi connectivity index (χ4n) is 4.28. The number of carbonyl (C=O) groups excluding carboxylic acids is 1. The molecule has 10 heteroatoms. The molecule has 38 heavy (non-hydrogen) atoms. The van der Waals surface area contributed by atoms with Gasteiger partial charge < -0.3 is 5.11 Å². The van der Waals surface area contributed by atoms with Crippen LogP contribution in [0.15, 0.2) is 83.8 Å². The summed E-state index contributed by atoms with van der Waals surface area (Å²) in [4.78, 5) is 25.4. The quantitative estimate of drug-likeness (QED) is 0.335. The van der Waals surface area contributed by atoms with E-state index in [1.807, 2.05) is 6.92 Å². The molecule has 0 saturated heterocycles. The summed E-state index contributed by atoms with van der Waals surface area (Å²) >= 11 is 0. The van der Waals surface area contributed by atoms with Crippen molar-refractivity contribution in [3.8, 4) is 11.1 Å². The number of carboxylic acid groups (broad SMARTS) is 1. The summed E-state index contributed by atoms with van der Waals surface area (Å²) in [5.74, 6) is -3.75. The second-order valence-corrected chi connectivity index (χ2v) is 10.5. The van der Waals surface area contributed by atoms with Crippen LogP contribution in [-0.4, -0.2) is 25.4 Å². The zero-order valence-corrected chi connectivity index (χ0v) is 20.7. The smallest absolute Gasteiger partial charge is 0.335 e. The second-order valence-electron chi connectivity index (χ2n) is 8.82. The number of fused-ring (bicyclic) bond motifs is 1. The lowest BCUT2D eigenvalue weighted by atomic mass is 10.0. The van der Waals surface area contributed by atoms with Crippen LogP contribution in [0.4, 0.5) is 20.2 Å². The number of nitrogens with one attached hydrogen (secondary N) is 1. The van der Waals surface area contributed by atoms with Gasteiger partial charge in [0.05, 0.1) is 17.0 Å². The lowest BCUT2D eigenvalue weighted by Crippen LogP contribution is -2.25. The molecule has 1 aliphatic heterocycles. The van der Waals surface area contributed by atoms with Crippen LogP contribution in [0.5, 0.6) is 0 Å². The number of carboxylic acids is 1. The average Bonchev–Trinajstić information content (AvgIpc) is 3.19. The van der Waals surface area contributed by atoms with Crippen molar-refractivity contribution in [2.75, 3.05) is 9.62 Å². The number of nitrogens with zero attached hydrogens (tertiary/aromatic N) is 1. The Bertz CT molecular complexity index is 1700. The largest absolute Gasteiger partial charge is 0.478 e. The van der Waals surface area contributed by atoms with Crippen LogP contribution < -0.4 is 9.62 Å². The first-order valence-electron chi connectivity index (χ1n) is 11.4. The molecule has 192 valence electrons. The van der Waals surface area contributed by atoms with E-state index in [1.165, 1.54) is 60.7 Å². The second kappa shape index (κ2) is 9.38. The first-order valence-corrected chi connectivity index (χ1v) is 12.9. The van der Waals surface area contributed by atoms with Crippen molar-refractivity contribution in [2.24, 2.45) is 0 Å². The van der Waals surface area contributed by atoms with E-state index < -0.39 is 39.2 Å². The summed E-state index contributed by atoms with van der Waals surface area (Å²) in [6.45, 7) is 1.71. The predicted molar refractivity (Wildman–Crippen MR) is 138 cm³/mol. The van der Waals surface area contributed by atoms with Gasteiger partial charge in [-0.2, -0.15) is 0 Å². The molecule has 0 unspecified atom stereocenters. The van der Waals surface area contributed by atoms with E-state index in [1.54, 1.807) is 12.1 Å². The number of anilines is 2. The molecule has 0 aliphatic carbocycles. The number of aromatic carboxylic acids is 1. The van der Waals surface area contributed by atoms with E-state index in [2.05, 4.69) is 4.72 Å². The third kappa shape index (κ3) is 4.50. The minimum atomic E-state index is -3.92. The Morgan fingerprint density at radius 1 is 0.921 bits per heavy atom. The van der Waals surface area contributed by atoms with Gasteiger partial charge in [0.2, 0.25) is 0 Å². The zero-order valence-electron chi connectivity index (χ0n) is 19.9. The fourth-order valence-corrected chi connectivity index (χ4v) is 5.33. The van der Waals surface area contributed by atoms with E-state index in [4.69, 9.17) is 5.11 Å². The maximum Gasteiger partial charge on any atom is 0.335 e. The molecule has 4 aromatic rings. The van der Waals surface area contributed by atoms with Crippen molar-refractivity contribution >= 4 is 33.3 Å². The van der Waals surface area contributed by atoms with Crippen molar-refractivity contribution in [2.45, 2.75) is 18.4 Å². The summed E-state index contributed by atoms with van der Waals surface area (Å²) in [6.07, 6.45) is 0. The summed E-state index contributed by atoms with van der Waals surface area (Å²) in [5, 5.41) is 9.08. The van der Waals surface area contributed by atoms with Gasteiger partial charge in [0.1, 0.15) is 11.5 Å². The third-order valence-corrected chi connectivity index (χ3v) is 7.67. The number of benzene rings is 4. The van der Waals surface area contributed by atoms with Crippen molar-refractivity contribution in [3.63, 3.8) is 0 Å². The van der Waals surface area contributed by atoms with Crippen LogP contribution in [0, 0.1) is 18.6 Å². The van der Waals surface area contributed by atoms with Crippen LogP contribution >= 0.6 is 0 Å². The fraction of sp³-hybridized carbons (Fsp3) is 0.0714. The number of carbonyl (C=O) groups is 2. The van der Waals surface area contributed by atoms with Crippen molar-refractivity contribution in [1.29, 1.82) is 0 Å². The van der Waals surface area contributed by atoms with E-state index in [-0.39, 0.29) is 33.8 Å². The number of amides is 1. The number of hydrogen-bond donors (Lipinski definition) is 2. The number of hydrogen-bond acceptors (Lipinski definition) is 4. The molecule has 0 saturated carbocycles. The predicted octanol–water partition coefficient (Wildman–Crippen LogP) is 5.60. The lowest BCUT2D eigenvalue weighted by Gasteiger charge is -2.19. The van der Waals surface area contributed by atoms with Gasteiger partial charge in [0.15, 0.2) is 5.82 Å². The zero-order chi connectivity index (χ0) is 27.2. The monoisotopic (exact) mass is 534 g/mol. The summed E-state index contributed by atoms with van der Waals surface area (Å²) in [7, 11) is -3.92. The molecule has 1 aliphatic rings. The van der Waals surface area contributed by atoms with Gasteiger partial charge in [-0.05, 0) is 66.6 Å². The van der Waals surface area contributed by atoms with Gasteiger partial charge in [-0.15, -0.1) is 0 Å². The Morgan fingerprint density at radius 2 is 1.61 bits per heavy atom. The average molecular weight is 535 g/mol. The molecule has 1 heterocycles. The first-order chi connectivity index (χ1) is 18.0. The molecular weight excluding hydrogens is 514 g/mol. The third-order valence-electron chi connectivity index (χ3n) is 6.28. The highest BCUT2D eigenvalue weighted by Gasteiger charge is 2.33. The van der Waals surface area contributed by atoms with Crippen LogP contribution in [0.25, 0.3) is 11.1 Å². The van der Waals surface area contributed by atoms with Gasteiger partial charge in [-0.1, -0.05) is 35.9 Å². The Kier molecular flexibility index (Phi) is 6.20. The van der Waals surface area contributed by atoms with Crippen molar-refractivity contribution in [1.82, 2.24) is 0 Å². The molecule has 0 radical (unpaired) electrons.